The van der Waals surface area contributed by atoms with Crippen LogP contribution >= 0.6 is 11.3 Å². The first-order chi connectivity index (χ1) is 4.68. The topological polar surface area (TPSA) is 43.1 Å². The van der Waals surface area contributed by atoms with E-state index in [0.717, 1.165) is 11.3 Å². The summed E-state index contributed by atoms with van der Waals surface area (Å²) in [5, 5.41) is -0.281. The van der Waals surface area contributed by atoms with E-state index in [-0.39, 0.29) is 11.6 Å². The van der Waals surface area contributed by atoms with Crippen molar-refractivity contribution in [1.82, 2.24) is 0 Å². The van der Waals surface area contributed by atoms with Crippen molar-refractivity contribution in [3.8, 4) is 0 Å². The van der Waals surface area contributed by atoms with Gasteiger partial charge in [0.15, 0.2) is 5.13 Å². The maximum Gasteiger partial charge on any atom is 0.222 e. The minimum Gasteiger partial charge on any atom is -0.369 e. The van der Waals surface area contributed by atoms with Crippen LogP contribution in [0.25, 0.3) is 0 Å². The lowest BCUT2D eigenvalue weighted by Crippen LogP contribution is -2.12. The van der Waals surface area contributed by atoms with Gasteiger partial charge in [0.25, 0.3) is 0 Å². The van der Waals surface area contributed by atoms with Crippen molar-refractivity contribution in [3.05, 3.63) is 22.1 Å². The van der Waals surface area contributed by atoms with Crippen LogP contribution in [0.1, 0.15) is 4.88 Å². The lowest BCUT2D eigenvalue weighted by molar-refractivity contribution is -0.117. The molecule has 2 N–H and O–H groups in total. The molecule has 0 spiro atoms. The molecule has 0 radical (unpaired) electrons. The van der Waals surface area contributed by atoms with E-state index in [1.165, 1.54) is 6.07 Å². The van der Waals surface area contributed by atoms with E-state index in [1.54, 1.807) is 6.07 Å². The number of thiophene rings is 1. The third kappa shape index (κ3) is 1.80. The van der Waals surface area contributed by atoms with Crippen LogP contribution < -0.4 is 5.73 Å². The lowest BCUT2D eigenvalue weighted by atomic mass is 10.3. The maximum absolute atomic E-state index is 12.2. The molecule has 1 amide bonds. The molecule has 0 aliphatic rings. The van der Waals surface area contributed by atoms with Crippen LogP contribution in [0.2, 0.25) is 0 Å². The zero-order valence-electron chi connectivity index (χ0n) is 5.13. The molecule has 0 bridgehead atoms. The van der Waals surface area contributed by atoms with Crippen molar-refractivity contribution in [2.45, 2.75) is 6.42 Å². The predicted molar refractivity (Wildman–Crippen MR) is 37.2 cm³/mol. The summed E-state index contributed by atoms with van der Waals surface area (Å²) in [6, 6.07) is 2.88. The van der Waals surface area contributed by atoms with Crippen molar-refractivity contribution in [1.29, 1.82) is 0 Å². The average Bonchev–Trinajstić information content (AvgIpc) is 2.13. The second kappa shape index (κ2) is 2.79. The van der Waals surface area contributed by atoms with Gasteiger partial charge in [-0.2, -0.15) is 4.39 Å². The zero-order chi connectivity index (χ0) is 7.56. The van der Waals surface area contributed by atoms with E-state index in [9.17, 15) is 9.18 Å². The van der Waals surface area contributed by atoms with Gasteiger partial charge in [-0.25, -0.2) is 0 Å². The molecule has 0 saturated carbocycles. The largest absolute Gasteiger partial charge is 0.369 e. The van der Waals surface area contributed by atoms with Gasteiger partial charge in [0.2, 0.25) is 5.91 Å². The zero-order valence-corrected chi connectivity index (χ0v) is 5.95. The summed E-state index contributed by atoms with van der Waals surface area (Å²) in [6.45, 7) is 0. The van der Waals surface area contributed by atoms with Crippen molar-refractivity contribution in [2.24, 2.45) is 5.73 Å². The Balaban J connectivity index is 2.67. The summed E-state index contributed by atoms with van der Waals surface area (Å²) >= 11 is 0.949. The molecule has 0 fully saturated rings. The first kappa shape index (κ1) is 7.21. The SMILES string of the molecule is NC(=O)Cc1ccc(F)s1. The maximum atomic E-state index is 12.2. The van der Waals surface area contributed by atoms with Crippen LogP contribution in [0, 0.1) is 5.13 Å². The Morgan fingerprint density at radius 1 is 1.70 bits per heavy atom. The third-order valence-corrected chi connectivity index (χ3v) is 1.85. The molecule has 1 aromatic heterocycles. The van der Waals surface area contributed by atoms with E-state index in [0.29, 0.717) is 4.88 Å². The monoisotopic (exact) mass is 159 g/mol. The van der Waals surface area contributed by atoms with E-state index in [2.05, 4.69) is 0 Å². The molecule has 4 heteroatoms. The fraction of sp³-hybridized carbons (Fsp3) is 0.167. The molecule has 0 aliphatic carbocycles. The second-order valence-electron chi connectivity index (χ2n) is 1.85. The number of primary amides is 1. The van der Waals surface area contributed by atoms with Gasteiger partial charge in [-0.05, 0) is 12.1 Å². The standard InChI is InChI=1S/C6H6FNOS/c7-5-2-1-4(10-5)3-6(8)9/h1-2H,3H2,(H2,8,9). The average molecular weight is 159 g/mol. The predicted octanol–water partition coefficient (Wildman–Crippen LogP) is 0.915. The quantitative estimate of drug-likeness (QED) is 0.685. The first-order valence-electron chi connectivity index (χ1n) is 2.71. The van der Waals surface area contributed by atoms with Gasteiger partial charge in [0.05, 0.1) is 6.42 Å². The van der Waals surface area contributed by atoms with Gasteiger partial charge in [0, 0.05) is 4.88 Å². The van der Waals surface area contributed by atoms with Crippen LogP contribution in [-0.4, -0.2) is 5.91 Å². The number of halogens is 1. The summed E-state index contributed by atoms with van der Waals surface area (Å²) in [6.07, 6.45) is 0.134. The van der Waals surface area contributed by atoms with Crippen molar-refractivity contribution in [2.75, 3.05) is 0 Å². The molecule has 0 aliphatic heterocycles. The Hall–Kier alpha value is -0.900. The number of rotatable bonds is 2. The Kier molecular flexibility index (Phi) is 2.01. The van der Waals surface area contributed by atoms with Gasteiger partial charge >= 0.3 is 0 Å². The van der Waals surface area contributed by atoms with Crippen LogP contribution in [0.15, 0.2) is 12.1 Å². The highest BCUT2D eigenvalue weighted by Gasteiger charge is 2.01. The molecular weight excluding hydrogens is 153 g/mol. The second-order valence-corrected chi connectivity index (χ2v) is 2.97. The van der Waals surface area contributed by atoms with Crippen LogP contribution in [-0.2, 0) is 11.2 Å². The van der Waals surface area contributed by atoms with Gasteiger partial charge in [-0.1, -0.05) is 0 Å². The summed E-state index contributed by atoms with van der Waals surface area (Å²) < 4.78 is 12.2. The first-order valence-corrected chi connectivity index (χ1v) is 3.52. The van der Waals surface area contributed by atoms with E-state index < -0.39 is 5.91 Å². The molecule has 10 heavy (non-hydrogen) atoms. The molecule has 0 aromatic carbocycles. The number of nitrogens with two attached hydrogens (primary N) is 1. The minimum absolute atomic E-state index is 0.134. The van der Waals surface area contributed by atoms with Gasteiger partial charge in [-0.15, -0.1) is 11.3 Å². The Morgan fingerprint density at radius 2 is 2.40 bits per heavy atom. The Morgan fingerprint density at radius 3 is 2.80 bits per heavy atom. The number of amides is 1. The summed E-state index contributed by atoms with van der Waals surface area (Å²) in [5.41, 5.74) is 4.88. The van der Waals surface area contributed by atoms with Crippen LogP contribution in [0.5, 0.6) is 0 Å². The smallest absolute Gasteiger partial charge is 0.222 e. The van der Waals surface area contributed by atoms with Crippen molar-refractivity contribution in [3.63, 3.8) is 0 Å². The van der Waals surface area contributed by atoms with E-state index in [4.69, 9.17) is 5.73 Å². The fourth-order valence-electron chi connectivity index (χ4n) is 0.618. The highest BCUT2D eigenvalue weighted by molar-refractivity contribution is 7.10. The molecule has 1 aromatic rings. The molecule has 2 nitrogen and oxygen atoms in total. The Labute approximate surface area is 61.5 Å². The van der Waals surface area contributed by atoms with Gasteiger partial charge < -0.3 is 5.73 Å². The van der Waals surface area contributed by atoms with Crippen molar-refractivity contribution >= 4 is 17.2 Å². The number of hydrogen-bond acceptors (Lipinski definition) is 2. The van der Waals surface area contributed by atoms with Gasteiger partial charge in [0.1, 0.15) is 0 Å². The number of carbonyl (C=O) groups excluding carboxylic acids is 1. The molecule has 0 unspecified atom stereocenters. The minimum atomic E-state index is -0.429. The lowest BCUT2D eigenvalue weighted by Gasteiger charge is -1.86. The van der Waals surface area contributed by atoms with E-state index >= 15 is 0 Å². The molecule has 0 saturated heterocycles. The van der Waals surface area contributed by atoms with Crippen molar-refractivity contribution < 1.29 is 9.18 Å². The van der Waals surface area contributed by atoms with Crippen LogP contribution in [0.3, 0.4) is 0 Å². The van der Waals surface area contributed by atoms with Gasteiger partial charge in [-0.3, -0.25) is 4.79 Å². The highest BCUT2D eigenvalue weighted by atomic mass is 32.1. The van der Waals surface area contributed by atoms with Crippen LogP contribution in [0.4, 0.5) is 4.39 Å². The molecule has 1 heterocycles. The van der Waals surface area contributed by atoms with E-state index in [1.807, 2.05) is 0 Å². The normalized spacial score (nSPS) is 9.70. The molecule has 1 rings (SSSR count). The molecular formula is C6H6FNOS. The fourth-order valence-corrected chi connectivity index (χ4v) is 1.36. The number of carbonyl (C=O) groups is 1. The summed E-state index contributed by atoms with van der Waals surface area (Å²) in [7, 11) is 0. The number of hydrogen-bond donors (Lipinski definition) is 1. The Bertz CT molecular complexity index is 246. The molecule has 0 atom stereocenters. The summed E-state index contributed by atoms with van der Waals surface area (Å²) in [5.74, 6) is -0.429. The third-order valence-electron chi connectivity index (χ3n) is 0.977. The summed E-state index contributed by atoms with van der Waals surface area (Å²) in [4.78, 5) is 11.0. The molecule has 54 valence electrons. The highest BCUT2D eigenvalue weighted by Crippen LogP contribution is 2.14.